The standard InChI is InChI=1S/C21H27N3O3/c1-15-4-3-5-17(12-15)19(25)24-10-8-21(9-11-24,13-16-6-7-16)20-22-18(14-26-2)27-23-20/h3-5,12,16H,6-11,13-14H2,1-2H3. The van der Waals surface area contributed by atoms with Crippen molar-refractivity contribution in [2.24, 2.45) is 5.92 Å². The summed E-state index contributed by atoms with van der Waals surface area (Å²) in [5.41, 5.74) is 1.80. The molecule has 6 heteroatoms. The molecule has 144 valence electrons. The van der Waals surface area contributed by atoms with E-state index in [9.17, 15) is 4.79 Å². The van der Waals surface area contributed by atoms with E-state index < -0.39 is 0 Å². The first-order valence-corrected chi connectivity index (χ1v) is 9.77. The molecule has 1 aromatic heterocycles. The molecule has 1 saturated carbocycles. The Morgan fingerprint density at radius 1 is 1.33 bits per heavy atom. The molecule has 0 atom stereocenters. The van der Waals surface area contributed by atoms with E-state index >= 15 is 0 Å². The van der Waals surface area contributed by atoms with Crippen molar-refractivity contribution >= 4 is 5.91 Å². The molecule has 2 heterocycles. The Bertz CT molecular complexity index is 805. The third-order valence-corrected chi connectivity index (χ3v) is 5.86. The number of carbonyl (C=O) groups excluding carboxylic acids is 1. The van der Waals surface area contributed by atoms with Crippen LogP contribution < -0.4 is 0 Å². The van der Waals surface area contributed by atoms with Crippen LogP contribution in [0.4, 0.5) is 0 Å². The van der Waals surface area contributed by atoms with Crippen LogP contribution in [0.1, 0.15) is 59.7 Å². The van der Waals surface area contributed by atoms with E-state index in [-0.39, 0.29) is 11.3 Å². The van der Waals surface area contributed by atoms with Crippen molar-refractivity contribution in [1.29, 1.82) is 0 Å². The van der Waals surface area contributed by atoms with E-state index in [0.717, 1.165) is 55.2 Å². The largest absolute Gasteiger partial charge is 0.375 e. The van der Waals surface area contributed by atoms with E-state index in [2.05, 4.69) is 10.1 Å². The minimum Gasteiger partial charge on any atom is -0.375 e. The topological polar surface area (TPSA) is 68.5 Å². The zero-order valence-electron chi connectivity index (χ0n) is 16.1. The maximum Gasteiger partial charge on any atom is 0.253 e. The summed E-state index contributed by atoms with van der Waals surface area (Å²) in [7, 11) is 1.62. The third-order valence-electron chi connectivity index (χ3n) is 5.86. The van der Waals surface area contributed by atoms with Crippen LogP contribution in [-0.2, 0) is 16.8 Å². The van der Waals surface area contributed by atoms with Gasteiger partial charge in [0.15, 0.2) is 5.82 Å². The SMILES string of the molecule is COCc1nc(C2(CC3CC3)CCN(C(=O)c3cccc(C)c3)CC2)no1. The van der Waals surface area contributed by atoms with Crippen LogP contribution in [0.3, 0.4) is 0 Å². The van der Waals surface area contributed by atoms with Crippen LogP contribution in [0.15, 0.2) is 28.8 Å². The quantitative estimate of drug-likeness (QED) is 0.779. The van der Waals surface area contributed by atoms with E-state index in [1.807, 2.05) is 36.1 Å². The molecule has 2 aliphatic rings. The molecule has 0 bridgehead atoms. The lowest BCUT2D eigenvalue weighted by Gasteiger charge is -2.40. The van der Waals surface area contributed by atoms with Crippen molar-refractivity contribution in [2.75, 3.05) is 20.2 Å². The Labute approximate surface area is 159 Å². The first-order valence-electron chi connectivity index (χ1n) is 9.77. The van der Waals surface area contributed by atoms with Gasteiger partial charge in [0, 0.05) is 31.2 Å². The summed E-state index contributed by atoms with van der Waals surface area (Å²) >= 11 is 0. The fourth-order valence-corrected chi connectivity index (χ4v) is 4.14. The van der Waals surface area contributed by atoms with E-state index in [4.69, 9.17) is 9.26 Å². The van der Waals surface area contributed by atoms with Crippen molar-refractivity contribution < 1.29 is 14.1 Å². The number of nitrogens with zero attached hydrogens (tertiary/aromatic N) is 3. The number of carbonyl (C=O) groups is 1. The lowest BCUT2D eigenvalue weighted by molar-refractivity contribution is 0.0645. The summed E-state index contributed by atoms with van der Waals surface area (Å²) in [5.74, 6) is 2.20. The molecular formula is C21H27N3O3. The Kier molecular flexibility index (Phi) is 5.00. The molecule has 0 spiro atoms. The lowest BCUT2D eigenvalue weighted by Crippen LogP contribution is -2.46. The predicted molar refractivity (Wildman–Crippen MR) is 100 cm³/mol. The summed E-state index contributed by atoms with van der Waals surface area (Å²) in [6, 6.07) is 7.82. The number of likely N-dealkylation sites (tertiary alicyclic amines) is 1. The molecule has 1 aliphatic carbocycles. The second-order valence-corrected chi connectivity index (χ2v) is 8.03. The Morgan fingerprint density at radius 3 is 2.78 bits per heavy atom. The van der Waals surface area contributed by atoms with Crippen molar-refractivity contribution in [3.05, 3.63) is 47.1 Å². The molecule has 1 amide bonds. The Balaban J connectivity index is 1.49. The number of ether oxygens (including phenoxy) is 1. The van der Waals surface area contributed by atoms with Gasteiger partial charge in [-0.2, -0.15) is 4.98 Å². The van der Waals surface area contributed by atoms with Crippen molar-refractivity contribution in [3.63, 3.8) is 0 Å². The van der Waals surface area contributed by atoms with Crippen LogP contribution >= 0.6 is 0 Å². The minimum atomic E-state index is -0.0833. The molecule has 0 unspecified atom stereocenters. The van der Waals surface area contributed by atoms with E-state index in [1.165, 1.54) is 12.8 Å². The first kappa shape index (κ1) is 18.2. The number of aromatic nitrogens is 2. The maximum atomic E-state index is 12.9. The van der Waals surface area contributed by atoms with Gasteiger partial charge < -0.3 is 14.2 Å². The highest BCUT2D eigenvalue weighted by Crippen LogP contribution is 2.46. The van der Waals surface area contributed by atoms with Crippen LogP contribution in [0.5, 0.6) is 0 Å². The van der Waals surface area contributed by atoms with Gasteiger partial charge in [-0.15, -0.1) is 0 Å². The fraction of sp³-hybridized carbons (Fsp3) is 0.571. The second kappa shape index (κ2) is 7.43. The van der Waals surface area contributed by atoms with Gasteiger partial charge in [-0.3, -0.25) is 4.79 Å². The first-order chi connectivity index (χ1) is 13.1. The number of methoxy groups -OCH3 is 1. The second-order valence-electron chi connectivity index (χ2n) is 8.03. The van der Waals surface area contributed by atoms with Crippen LogP contribution in [0.2, 0.25) is 0 Å². The average molecular weight is 369 g/mol. The summed E-state index contributed by atoms with van der Waals surface area (Å²) in [6.07, 6.45) is 5.43. The maximum absolute atomic E-state index is 12.9. The molecule has 4 rings (SSSR count). The van der Waals surface area contributed by atoms with Crippen LogP contribution in [0, 0.1) is 12.8 Å². The monoisotopic (exact) mass is 369 g/mol. The summed E-state index contributed by atoms with van der Waals surface area (Å²) < 4.78 is 10.5. The number of hydrogen-bond acceptors (Lipinski definition) is 5. The zero-order valence-corrected chi connectivity index (χ0v) is 16.1. The summed E-state index contributed by atoms with van der Waals surface area (Å²) in [4.78, 5) is 19.5. The summed E-state index contributed by atoms with van der Waals surface area (Å²) in [5, 5.41) is 4.28. The zero-order chi connectivity index (χ0) is 18.9. The van der Waals surface area contributed by atoms with Gasteiger partial charge >= 0.3 is 0 Å². The van der Waals surface area contributed by atoms with Crippen molar-refractivity contribution in [2.45, 2.75) is 51.0 Å². The van der Waals surface area contributed by atoms with E-state index in [0.29, 0.717) is 12.5 Å². The molecular weight excluding hydrogens is 342 g/mol. The molecule has 6 nitrogen and oxygen atoms in total. The van der Waals surface area contributed by atoms with Gasteiger partial charge in [-0.1, -0.05) is 35.7 Å². The third kappa shape index (κ3) is 3.90. The Morgan fingerprint density at radius 2 is 2.11 bits per heavy atom. The van der Waals surface area contributed by atoms with Gasteiger partial charge in [0.05, 0.1) is 0 Å². The number of amides is 1. The normalized spacial score (nSPS) is 19.3. The van der Waals surface area contributed by atoms with Crippen molar-refractivity contribution in [3.8, 4) is 0 Å². The van der Waals surface area contributed by atoms with E-state index in [1.54, 1.807) is 7.11 Å². The number of rotatable bonds is 6. The molecule has 2 fully saturated rings. The minimum absolute atomic E-state index is 0.0833. The van der Waals surface area contributed by atoms with Gasteiger partial charge in [0.2, 0.25) is 0 Å². The molecule has 27 heavy (non-hydrogen) atoms. The molecule has 0 N–H and O–H groups in total. The molecule has 1 saturated heterocycles. The smallest absolute Gasteiger partial charge is 0.253 e. The predicted octanol–water partition coefficient (Wildman–Crippen LogP) is 3.50. The highest BCUT2D eigenvalue weighted by Gasteiger charge is 2.44. The summed E-state index contributed by atoms with van der Waals surface area (Å²) in [6.45, 7) is 3.81. The lowest BCUT2D eigenvalue weighted by atomic mass is 9.73. The molecule has 1 aromatic carbocycles. The fourth-order valence-electron chi connectivity index (χ4n) is 4.14. The average Bonchev–Trinajstić information content (AvgIpc) is 3.35. The molecule has 1 aliphatic heterocycles. The van der Waals surface area contributed by atoms with Gasteiger partial charge in [-0.05, 0) is 44.2 Å². The van der Waals surface area contributed by atoms with Gasteiger partial charge in [0.25, 0.3) is 11.8 Å². The van der Waals surface area contributed by atoms with Gasteiger partial charge in [-0.25, -0.2) is 0 Å². The van der Waals surface area contributed by atoms with Crippen LogP contribution in [0.25, 0.3) is 0 Å². The number of benzene rings is 1. The Hall–Kier alpha value is -2.21. The molecule has 0 radical (unpaired) electrons. The highest BCUT2D eigenvalue weighted by molar-refractivity contribution is 5.94. The number of aryl methyl sites for hydroxylation is 1. The number of hydrogen-bond donors (Lipinski definition) is 0. The molecule has 2 aromatic rings. The van der Waals surface area contributed by atoms with Crippen LogP contribution in [-0.4, -0.2) is 41.1 Å². The van der Waals surface area contributed by atoms with Crippen molar-refractivity contribution in [1.82, 2.24) is 15.0 Å². The highest BCUT2D eigenvalue weighted by atomic mass is 16.5. The van der Waals surface area contributed by atoms with Gasteiger partial charge in [0.1, 0.15) is 6.61 Å². The number of piperidine rings is 1.